The van der Waals surface area contributed by atoms with Gasteiger partial charge in [0.05, 0.1) is 11.4 Å². The van der Waals surface area contributed by atoms with Crippen LogP contribution in [0.15, 0.2) is 188 Å². The van der Waals surface area contributed by atoms with E-state index in [-0.39, 0.29) is 10.8 Å². The van der Waals surface area contributed by atoms with Crippen LogP contribution in [0.3, 0.4) is 0 Å². The van der Waals surface area contributed by atoms with Crippen LogP contribution in [0, 0.1) is 12.1 Å². The fourth-order valence-electron chi connectivity index (χ4n) is 11.0. The highest BCUT2D eigenvalue weighted by Crippen LogP contribution is 2.55. The van der Waals surface area contributed by atoms with E-state index in [0.717, 1.165) is 35.5 Å². The third-order valence-corrected chi connectivity index (χ3v) is 14.3. The van der Waals surface area contributed by atoms with Crippen molar-refractivity contribution in [3.63, 3.8) is 0 Å². The highest BCUT2D eigenvalue weighted by Gasteiger charge is 2.38. The first-order chi connectivity index (χ1) is 30.8. The summed E-state index contributed by atoms with van der Waals surface area (Å²) in [6.45, 7) is 9.48. The molecule has 0 amide bonds. The molecule has 0 heterocycles. The molecule has 63 heavy (non-hydrogen) atoms. The van der Waals surface area contributed by atoms with E-state index in [2.05, 4.69) is 233 Å². The second kappa shape index (κ2) is 14.1. The molecule has 0 radical (unpaired) electrons. The van der Waals surface area contributed by atoms with E-state index in [4.69, 9.17) is 0 Å². The highest BCUT2D eigenvalue weighted by atomic mass is 15.1. The normalized spacial score (nSPS) is 15.0. The van der Waals surface area contributed by atoms with Crippen LogP contribution >= 0.6 is 0 Å². The van der Waals surface area contributed by atoms with Crippen molar-refractivity contribution < 1.29 is 0 Å². The summed E-state index contributed by atoms with van der Waals surface area (Å²) in [6.07, 6.45) is 8.83. The van der Waals surface area contributed by atoms with Crippen molar-refractivity contribution in [1.29, 1.82) is 0 Å². The van der Waals surface area contributed by atoms with Crippen molar-refractivity contribution in [2.45, 2.75) is 51.4 Å². The SMILES string of the molecule is CC1(C)c2cc(N(c3ccc4c(c3)C(C)(C)c3ccccc3-4)c3c(C4=CC=CCC4)cc(-c4cccc5ccccc45)cc3-c3ccc4ccccc4c3)c#cc2-c2ccccc21. The van der Waals surface area contributed by atoms with Crippen molar-refractivity contribution in [2.75, 3.05) is 4.90 Å². The van der Waals surface area contributed by atoms with Gasteiger partial charge in [-0.1, -0.05) is 185 Å². The largest absolute Gasteiger partial charge is 0.302 e. The number of rotatable bonds is 6. The van der Waals surface area contributed by atoms with Gasteiger partial charge in [-0.25, -0.2) is 0 Å². The maximum Gasteiger partial charge on any atom is 0.0977 e. The average molecular weight is 806 g/mol. The number of nitrogens with zero attached hydrogens (tertiary/aromatic N) is 1. The first-order valence-corrected chi connectivity index (χ1v) is 22.4. The minimum absolute atomic E-state index is 0.177. The number of anilines is 3. The predicted molar refractivity (Wildman–Crippen MR) is 266 cm³/mol. The van der Waals surface area contributed by atoms with Crippen molar-refractivity contribution in [1.82, 2.24) is 0 Å². The molecule has 12 rings (SSSR count). The van der Waals surface area contributed by atoms with Gasteiger partial charge in [-0.2, -0.15) is 0 Å². The van der Waals surface area contributed by atoms with Crippen LogP contribution in [-0.2, 0) is 10.8 Å². The molecule has 0 fully saturated rings. The molecule has 0 N–H and O–H groups in total. The van der Waals surface area contributed by atoms with Gasteiger partial charge >= 0.3 is 0 Å². The minimum atomic E-state index is -0.210. The average Bonchev–Trinajstić information content (AvgIpc) is 3.70. The van der Waals surface area contributed by atoms with Gasteiger partial charge in [0.25, 0.3) is 0 Å². The molecule has 1 heteroatoms. The molecule has 1 nitrogen and oxygen atoms in total. The summed E-state index contributed by atoms with van der Waals surface area (Å²) in [4.78, 5) is 2.53. The molecule has 0 aromatic heterocycles. The van der Waals surface area contributed by atoms with Crippen LogP contribution in [0.2, 0.25) is 0 Å². The summed E-state index contributed by atoms with van der Waals surface area (Å²) >= 11 is 0. The second-order valence-corrected chi connectivity index (χ2v) is 18.6. The highest BCUT2D eigenvalue weighted by molar-refractivity contribution is 6.04. The molecule has 0 saturated carbocycles. The van der Waals surface area contributed by atoms with E-state index in [1.807, 2.05) is 0 Å². The summed E-state index contributed by atoms with van der Waals surface area (Å²) in [6, 6.07) is 71.2. The summed E-state index contributed by atoms with van der Waals surface area (Å²) in [5.41, 5.74) is 20.6. The molecule has 0 unspecified atom stereocenters. The Morgan fingerprint density at radius 1 is 0.460 bits per heavy atom. The molecule has 0 aliphatic heterocycles. The number of hydrogen-bond donors (Lipinski definition) is 0. The Balaban J connectivity index is 1.20. The Morgan fingerprint density at radius 2 is 1.13 bits per heavy atom. The monoisotopic (exact) mass is 805 g/mol. The second-order valence-electron chi connectivity index (χ2n) is 18.6. The molecular weight excluding hydrogens is 759 g/mol. The molecular formula is C62H47N. The van der Waals surface area contributed by atoms with E-state index in [1.165, 1.54) is 93.9 Å². The van der Waals surface area contributed by atoms with E-state index >= 15 is 0 Å². The zero-order chi connectivity index (χ0) is 42.5. The maximum atomic E-state index is 3.83. The van der Waals surface area contributed by atoms with Crippen LogP contribution in [0.5, 0.6) is 0 Å². The van der Waals surface area contributed by atoms with Gasteiger partial charge < -0.3 is 4.90 Å². The van der Waals surface area contributed by atoms with Crippen LogP contribution in [0.1, 0.15) is 68.4 Å². The standard InChI is InChI=1S/C62H47N/c1-61(2)56-27-14-12-24-50(56)52-33-31-46(38-58(52)61)63(47-32-34-53-51-25-13-15-28-57(51)62(3,4)59(53)39-47)60-54(42-18-6-5-7-19-42)36-45(49-26-16-22-41-20-10-11-23-48(41)49)37-55(60)44-30-29-40-17-8-9-21-43(40)35-44/h5-6,8-18,20-31,33,35-39H,7,19H2,1-4H3. The van der Waals surface area contributed by atoms with E-state index in [0.29, 0.717) is 0 Å². The summed E-state index contributed by atoms with van der Waals surface area (Å²) in [5, 5.41) is 4.94. The first-order valence-electron chi connectivity index (χ1n) is 22.4. The van der Waals surface area contributed by atoms with Gasteiger partial charge in [-0.05, 0) is 138 Å². The Morgan fingerprint density at radius 3 is 1.95 bits per heavy atom. The van der Waals surface area contributed by atoms with Crippen LogP contribution < -0.4 is 4.90 Å². The third kappa shape index (κ3) is 5.78. The van der Waals surface area contributed by atoms with Gasteiger partial charge in [0.15, 0.2) is 0 Å². The van der Waals surface area contributed by atoms with Crippen molar-refractivity contribution >= 4 is 44.2 Å². The molecule has 0 spiro atoms. The molecule has 9 aromatic rings. The van der Waals surface area contributed by atoms with Gasteiger partial charge in [0, 0.05) is 33.2 Å². The first kappa shape index (κ1) is 37.4. The van der Waals surface area contributed by atoms with Gasteiger partial charge in [-0.3, -0.25) is 0 Å². The summed E-state index contributed by atoms with van der Waals surface area (Å²) in [5.74, 6) is 0. The quantitative estimate of drug-likeness (QED) is 0.162. The Bertz CT molecular complexity index is 3300. The molecule has 0 bridgehead atoms. The Labute approximate surface area is 371 Å². The lowest BCUT2D eigenvalue weighted by Gasteiger charge is -2.33. The zero-order valence-electron chi connectivity index (χ0n) is 36.3. The van der Waals surface area contributed by atoms with E-state index in [9.17, 15) is 0 Å². The number of allylic oxidation sites excluding steroid dienone is 4. The molecule has 300 valence electrons. The fourth-order valence-corrected chi connectivity index (χ4v) is 11.0. The molecule has 3 aliphatic rings. The van der Waals surface area contributed by atoms with Crippen molar-refractivity contribution in [2.24, 2.45) is 0 Å². The Kier molecular flexibility index (Phi) is 8.34. The predicted octanol–water partition coefficient (Wildman–Crippen LogP) is 16.7. The lowest BCUT2D eigenvalue weighted by molar-refractivity contribution is 0.660. The van der Waals surface area contributed by atoms with Crippen LogP contribution in [0.25, 0.3) is 71.6 Å². The molecule has 0 atom stereocenters. The minimum Gasteiger partial charge on any atom is -0.302 e. The molecule has 0 saturated heterocycles. The van der Waals surface area contributed by atoms with Crippen molar-refractivity contribution in [3.05, 3.63) is 228 Å². The van der Waals surface area contributed by atoms with Crippen molar-refractivity contribution in [3.8, 4) is 44.5 Å². The van der Waals surface area contributed by atoms with Crippen LogP contribution in [-0.4, -0.2) is 0 Å². The Hall–Kier alpha value is -7.40. The zero-order valence-corrected chi connectivity index (χ0v) is 36.3. The van der Waals surface area contributed by atoms with Gasteiger partial charge in [0.1, 0.15) is 0 Å². The summed E-state index contributed by atoms with van der Waals surface area (Å²) in [7, 11) is 0. The topological polar surface area (TPSA) is 3.24 Å². The fraction of sp³-hybridized carbons (Fsp3) is 0.129. The smallest absolute Gasteiger partial charge is 0.0977 e. The van der Waals surface area contributed by atoms with Gasteiger partial charge in [-0.15, -0.1) is 0 Å². The molecule has 3 aliphatic carbocycles. The van der Waals surface area contributed by atoms with Crippen LogP contribution in [0.4, 0.5) is 17.1 Å². The van der Waals surface area contributed by atoms with E-state index in [1.54, 1.807) is 0 Å². The molecule has 9 aromatic carbocycles. The third-order valence-electron chi connectivity index (χ3n) is 14.3. The lowest BCUT2D eigenvalue weighted by atomic mass is 9.82. The number of fused-ring (bicyclic) bond motifs is 8. The number of hydrogen-bond acceptors (Lipinski definition) is 1. The maximum absolute atomic E-state index is 3.83. The lowest BCUT2D eigenvalue weighted by Crippen LogP contribution is -2.19. The van der Waals surface area contributed by atoms with Gasteiger partial charge in [0.2, 0.25) is 0 Å². The summed E-state index contributed by atoms with van der Waals surface area (Å²) < 4.78 is 0. The number of benzene rings is 8. The van der Waals surface area contributed by atoms with E-state index < -0.39 is 0 Å².